The summed E-state index contributed by atoms with van der Waals surface area (Å²) in [5.41, 5.74) is 5.42. The maximum atomic E-state index is 12.6. The van der Waals surface area contributed by atoms with Gasteiger partial charge in [-0.3, -0.25) is 9.52 Å². The SMILES string of the molecule is COc1ccc(S(=O)(=O)Nc2ccccc2C(N)=O)c(OC)c1. The number of carbonyl (C=O) groups excluding carboxylic acids is 1. The Bertz CT molecular complexity index is 834. The lowest BCUT2D eigenvalue weighted by Gasteiger charge is -2.14. The van der Waals surface area contributed by atoms with E-state index in [0.717, 1.165) is 0 Å². The first-order valence-electron chi connectivity index (χ1n) is 6.52. The molecule has 1 amide bonds. The Hall–Kier alpha value is -2.74. The largest absolute Gasteiger partial charge is 0.497 e. The third kappa shape index (κ3) is 3.54. The van der Waals surface area contributed by atoms with Crippen LogP contribution in [-0.4, -0.2) is 28.5 Å². The second-order valence-electron chi connectivity index (χ2n) is 4.53. The number of nitrogens with two attached hydrogens (primary N) is 1. The van der Waals surface area contributed by atoms with Gasteiger partial charge in [0, 0.05) is 6.07 Å². The van der Waals surface area contributed by atoms with Gasteiger partial charge in [-0.1, -0.05) is 12.1 Å². The molecule has 0 bridgehead atoms. The third-order valence-electron chi connectivity index (χ3n) is 3.10. The van der Waals surface area contributed by atoms with Crippen LogP contribution < -0.4 is 19.9 Å². The van der Waals surface area contributed by atoms with Crippen LogP contribution in [0.25, 0.3) is 0 Å². The van der Waals surface area contributed by atoms with Crippen LogP contribution in [0.5, 0.6) is 11.5 Å². The lowest BCUT2D eigenvalue weighted by molar-refractivity contribution is 0.100. The van der Waals surface area contributed by atoms with Crippen LogP contribution in [0, 0.1) is 0 Å². The van der Waals surface area contributed by atoms with Crippen molar-refractivity contribution in [1.82, 2.24) is 0 Å². The molecule has 7 nitrogen and oxygen atoms in total. The maximum Gasteiger partial charge on any atom is 0.265 e. The van der Waals surface area contributed by atoms with E-state index in [2.05, 4.69) is 4.72 Å². The molecule has 2 rings (SSSR count). The van der Waals surface area contributed by atoms with Crippen molar-refractivity contribution in [2.75, 3.05) is 18.9 Å². The molecule has 0 aliphatic carbocycles. The zero-order valence-electron chi connectivity index (χ0n) is 12.6. The van der Waals surface area contributed by atoms with Gasteiger partial charge in [0.1, 0.15) is 16.4 Å². The van der Waals surface area contributed by atoms with Gasteiger partial charge in [0.25, 0.3) is 15.9 Å². The number of para-hydroxylation sites is 1. The van der Waals surface area contributed by atoms with Crippen molar-refractivity contribution in [2.45, 2.75) is 4.90 Å². The van der Waals surface area contributed by atoms with E-state index in [4.69, 9.17) is 15.2 Å². The summed E-state index contributed by atoms with van der Waals surface area (Å²) in [5, 5.41) is 0. The minimum atomic E-state index is -3.98. The van der Waals surface area contributed by atoms with Crippen LogP contribution in [0.4, 0.5) is 5.69 Å². The van der Waals surface area contributed by atoms with Crippen LogP contribution in [0.15, 0.2) is 47.4 Å². The van der Waals surface area contributed by atoms with Crippen LogP contribution in [0.2, 0.25) is 0 Å². The van der Waals surface area contributed by atoms with E-state index in [-0.39, 0.29) is 21.9 Å². The van der Waals surface area contributed by atoms with Gasteiger partial charge in [-0.2, -0.15) is 0 Å². The van der Waals surface area contributed by atoms with Gasteiger partial charge in [-0.15, -0.1) is 0 Å². The third-order valence-corrected chi connectivity index (χ3v) is 4.50. The molecule has 0 saturated heterocycles. The lowest BCUT2D eigenvalue weighted by atomic mass is 10.2. The summed E-state index contributed by atoms with van der Waals surface area (Å²) < 4.78 is 37.6. The lowest BCUT2D eigenvalue weighted by Crippen LogP contribution is -2.19. The number of hydrogen-bond acceptors (Lipinski definition) is 5. The molecular weight excluding hydrogens is 320 g/mol. The van der Waals surface area contributed by atoms with Gasteiger partial charge in [0.15, 0.2) is 0 Å². The smallest absolute Gasteiger partial charge is 0.265 e. The van der Waals surface area contributed by atoms with Crippen molar-refractivity contribution >= 4 is 21.6 Å². The molecule has 23 heavy (non-hydrogen) atoms. The molecule has 2 aromatic rings. The molecule has 0 aliphatic heterocycles. The van der Waals surface area contributed by atoms with E-state index in [1.165, 1.54) is 44.6 Å². The van der Waals surface area contributed by atoms with Gasteiger partial charge < -0.3 is 15.2 Å². The molecule has 8 heteroatoms. The van der Waals surface area contributed by atoms with E-state index in [1.54, 1.807) is 12.1 Å². The Kier molecular flexibility index (Phi) is 4.75. The van der Waals surface area contributed by atoms with Gasteiger partial charge in [0.2, 0.25) is 0 Å². The number of ether oxygens (including phenoxy) is 2. The highest BCUT2D eigenvalue weighted by Crippen LogP contribution is 2.30. The molecule has 0 aliphatic rings. The Morgan fingerprint density at radius 1 is 1.09 bits per heavy atom. The fraction of sp³-hybridized carbons (Fsp3) is 0.133. The van der Waals surface area contributed by atoms with E-state index in [0.29, 0.717) is 5.75 Å². The fourth-order valence-electron chi connectivity index (χ4n) is 1.98. The van der Waals surface area contributed by atoms with Gasteiger partial charge in [0.05, 0.1) is 25.5 Å². The van der Waals surface area contributed by atoms with Crippen LogP contribution >= 0.6 is 0 Å². The van der Waals surface area contributed by atoms with E-state index < -0.39 is 15.9 Å². The summed E-state index contributed by atoms with van der Waals surface area (Å²) in [5.74, 6) is -0.156. The summed E-state index contributed by atoms with van der Waals surface area (Å²) in [6.45, 7) is 0. The van der Waals surface area contributed by atoms with Gasteiger partial charge in [-0.25, -0.2) is 8.42 Å². The zero-order valence-corrected chi connectivity index (χ0v) is 13.4. The topological polar surface area (TPSA) is 108 Å². The van der Waals surface area contributed by atoms with Crippen molar-refractivity contribution in [1.29, 1.82) is 0 Å². The second kappa shape index (κ2) is 6.57. The molecule has 0 aromatic heterocycles. The van der Waals surface area contributed by atoms with Crippen LogP contribution in [0.1, 0.15) is 10.4 Å². The standard InChI is InChI=1S/C15H16N2O5S/c1-21-10-7-8-14(13(9-10)22-2)23(19,20)17-12-6-4-3-5-11(12)15(16)18/h3-9,17H,1-2H3,(H2,16,18). The maximum absolute atomic E-state index is 12.6. The van der Waals surface area contributed by atoms with Crippen molar-refractivity contribution in [3.05, 3.63) is 48.0 Å². The normalized spacial score (nSPS) is 10.9. The Balaban J connectivity index is 2.46. The Labute approximate surface area is 134 Å². The number of nitrogens with one attached hydrogen (secondary N) is 1. The molecule has 2 aromatic carbocycles. The predicted molar refractivity (Wildman–Crippen MR) is 85.3 cm³/mol. The molecule has 0 fully saturated rings. The van der Waals surface area contributed by atoms with Gasteiger partial charge in [-0.05, 0) is 24.3 Å². The summed E-state index contributed by atoms with van der Waals surface area (Å²) in [6, 6.07) is 10.4. The highest BCUT2D eigenvalue weighted by Gasteiger charge is 2.22. The first-order chi connectivity index (χ1) is 10.9. The Morgan fingerprint density at radius 3 is 2.39 bits per heavy atom. The predicted octanol–water partition coefficient (Wildman–Crippen LogP) is 1.60. The number of hydrogen-bond donors (Lipinski definition) is 2. The van der Waals surface area contributed by atoms with Crippen molar-refractivity contribution in [2.24, 2.45) is 5.73 Å². The molecule has 0 atom stereocenters. The molecule has 122 valence electrons. The highest BCUT2D eigenvalue weighted by molar-refractivity contribution is 7.92. The molecule has 0 heterocycles. The quantitative estimate of drug-likeness (QED) is 0.833. The molecule has 0 unspecified atom stereocenters. The number of sulfonamides is 1. The number of rotatable bonds is 6. The Morgan fingerprint density at radius 2 is 1.78 bits per heavy atom. The molecule has 0 spiro atoms. The van der Waals surface area contributed by atoms with Crippen molar-refractivity contribution in [3.63, 3.8) is 0 Å². The fourth-order valence-corrected chi connectivity index (χ4v) is 3.22. The average Bonchev–Trinajstić information content (AvgIpc) is 2.54. The van der Waals surface area contributed by atoms with Crippen molar-refractivity contribution < 1.29 is 22.7 Å². The molecular formula is C15H16N2O5S. The van der Waals surface area contributed by atoms with Crippen LogP contribution in [0.3, 0.4) is 0 Å². The first kappa shape index (κ1) is 16.6. The molecule has 0 saturated carbocycles. The van der Waals surface area contributed by atoms with Crippen LogP contribution in [-0.2, 0) is 10.0 Å². The summed E-state index contributed by atoms with van der Waals surface area (Å²) >= 11 is 0. The monoisotopic (exact) mass is 336 g/mol. The minimum Gasteiger partial charge on any atom is -0.497 e. The number of primary amides is 1. The summed E-state index contributed by atoms with van der Waals surface area (Å²) in [4.78, 5) is 11.3. The first-order valence-corrected chi connectivity index (χ1v) is 8.01. The zero-order chi connectivity index (χ0) is 17.0. The number of benzene rings is 2. The van der Waals surface area contributed by atoms with Crippen molar-refractivity contribution in [3.8, 4) is 11.5 Å². The number of carbonyl (C=O) groups is 1. The minimum absolute atomic E-state index is 0.0727. The number of amides is 1. The number of anilines is 1. The highest BCUT2D eigenvalue weighted by atomic mass is 32.2. The molecule has 3 N–H and O–H groups in total. The van der Waals surface area contributed by atoms with E-state index in [1.807, 2.05) is 0 Å². The number of methoxy groups -OCH3 is 2. The summed E-state index contributed by atoms with van der Waals surface area (Å²) in [6.07, 6.45) is 0. The van der Waals surface area contributed by atoms with E-state index in [9.17, 15) is 13.2 Å². The molecule has 0 radical (unpaired) electrons. The second-order valence-corrected chi connectivity index (χ2v) is 6.18. The van der Waals surface area contributed by atoms with E-state index >= 15 is 0 Å². The van der Waals surface area contributed by atoms with Gasteiger partial charge >= 0.3 is 0 Å². The summed E-state index contributed by atoms with van der Waals surface area (Å²) in [7, 11) is -1.16. The average molecular weight is 336 g/mol.